The molecule has 0 amide bonds. The van der Waals surface area contributed by atoms with Crippen molar-refractivity contribution in [2.75, 3.05) is 58.7 Å². The molecule has 4 aromatic rings. The molecule has 4 rings (SSSR count). The number of hydrogen-bond acceptors (Lipinski definition) is 7. The van der Waals surface area contributed by atoms with Gasteiger partial charge >= 0.3 is 6.18 Å². The molecule has 2 aromatic carbocycles. The van der Waals surface area contributed by atoms with Crippen LogP contribution in [0, 0.1) is 0 Å². The third-order valence-electron chi connectivity index (χ3n) is 6.75. The minimum absolute atomic E-state index is 0.0208. The zero-order valence-electron chi connectivity index (χ0n) is 24.7. The van der Waals surface area contributed by atoms with Crippen LogP contribution < -0.4 is 19.7 Å². The lowest BCUT2D eigenvalue weighted by atomic mass is 10.1. The number of nitrogens with zero attached hydrogens (tertiary/aromatic N) is 6. The summed E-state index contributed by atoms with van der Waals surface area (Å²) in [6, 6.07) is 8.80. The van der Waals surface area contributed by atoms with Gasteiger partial charge in [-0.05, 0) is 39.2 Å². The summed E-state index contributed by atoms with van der Waals surface area (Å²) in [5.74, 6) is 1.04. The Kier molecular flexibility index (Phi) is 9.15. The number of fused-ring (bicyclic) bond motifs is 1. The van der Waals surface area contributed by atoms with Crippen molar-refractivity contribution in [3.8, 4) is 22.8 Å². The number of anilines is 3. The molecule has 224 valence electrons. The minimum atomic E-state index is -4.67. The van der Waals surface area contributed by atoms with Gasteiger partial charge in [0, 0.05) is 68.3 Å². The summed E-state index contributed by atoms with van der Waals surface area (Å²) in [5.41, 5.74) is 1.78. The maximum absolute atomic E-state index is 14.2. The lowest BCUT2D eigenvalue weighted by molar-refractivity contribution is -0.137. The Hall–Kier alpha value is -4.45. The first kappa shape index (κ1) is 30.5. The van der Waals surface area contributed by atoms with Crippen LogP contribution in [0.15, 0.2) is 55.0 Å². The Labute approximate surface area is 243 Å². The summed E-state index contributed by atoms with van der Waals surface area (Å²) in [7, 11) is 10.8. The van der Waals surface area contributed by atoms with E-state index >= 15 is 0 Å². The van der Waals surface area contributed by atoms with Crippen molar-refractivity contribution in [3.05, 3.63) is 65.9 Å². The molecule has 0 aliphatic carbocycles. The molecule has 0 saturated carbocycles. The highest BCUT2D eigenvalue weighted by molar-refractivity contribution is 5.97. The fraction of sp³-hybridized carbons (Fsp3) is 0.333. The highest BCUT2D eigenvalue weighted by Gasteiger charge is 2.36. The summed E-state index contributed by atoms with van der Waals surface area (Å²) < 4.78 is 55.2. The van der Waals surface area contributed by atoms with Crippen molar-refractivity contribution in [2.45, 2.75) is 13.1 Å². The Balaban J connectivity index is 1.81. The number of allylic oxidation sites excluding steroid dienone is 1. The van der Waals surface area contributed by atoms with Gasteiger partial charge in [-0.1, -0.05) is 0 Å². The molecule has 2 heterocycles. The first-order valence-electron chi connectivity index (χ1n) is 13.2. The molecule has 0 radical (unpaired) electrons. The standard InChI is InChI=1S/C30H35F3N7O2/c1-8-11-34-23-15-24(27(42-7)16-26(23)39(4)13-12-38(2)3)36-29-35-17-22(30(31,32)33)28(37-29)21-18-40(5)25-14-19(41-6)9-10-20(21)25/h8-11,14-18H,12-13H2,1-7H3,(H,35,36,37)/q-1. The highest BCUT2D eigenvalue weighted by Crippen LogP contribution is 2.43. The summed E-state index contributed by atoms with van der Waals surface area (Å²) >= 11 is 0. The van der Waals surface area contributed by atoms with Gasteiger partial charge in [0.05, 0.1) is 31.1 Å². The molecule has 0 saturated heterocycles. The number of aromatic nitrogens is 3. The molecule has 9 nitrogen and oxygen atoms in total. The number of methoxy groups -OCH3 is 2. The molecule has 0 aliphatic heterocycles. The molecule has 0 unspecified atom stereocenters. The molecule has 12 heteroatoms. The monoisotopic (exact) mass is 582 g/mol. The lowest BCUT2D eigenvalue weighted by Crippen LogP contribution is -2.28. The van der Waals surface area contributed by atoms with E-state index in [1.807, 2.05) is 40.2 Å². The molecule has 2 aromatic heterocycles. The van der Waals surface area contributed by atoms with Gasteiger partial charge in [-0.2, -0.15) is 19.4 Å². The Morgan fingerprint density at radius 1 is 1.07 bits per heavy atom. The van der Waals surface area contributed by atoms with Crippen molar-refractivity contribution in [1.82, 2.24) is 19.4 Å². The van der Waals surface area contributed by atoms with E-state index in [4.69, 9.17) is 9.47 Å². The first-order valence-corrected chi connectivity index (χ1v) is 13.2. The Morgan fingerprint density at radius 3 is 2.48 bits per heavy atom. The number of likely N-dealkylation sites (N-methyl/N-ethyl adjacent to an activating group) is 2. The normalized spacial score (nSPS) is 11.9. The predicted octanol–water partition coefficient (Wildman–Crippen LogP) is 6.95. The second-order valence-corrected chi connectivity index (χ2v) is 9.99. The van der Waals surface area contributed by atoms with Gasteiger partial charge < -0.3 is 34.5 Å². The van der Waals surface area contributed by atoms with Crippen molar-refractivity contribution in [1.29, 1.82) is 0 Å². The average Bonchev–Trinajstić information content (AvgIpc) is 3.29. The van der Waals surface area contributed by atoms with Gasteiger partial charge in [-0.15, -0.1) is 11.8 Å². The van der Waals surface area contributed by atoms with Crippen LogP contribution in [0.1, 0.15) is 12.5 Å². The van der Waals surface area contributed by atoms with Gasteiger partial charge in [0.25, 0.3) is 0 Å². The van der Waals surface area contributed by atoms with Gasteiger partial charge in [-0.25, -0.2) is 9.97 Å². The van der Waals surface area contributed by atoms with E-state index in [-0.39, 0.29) is 11.6 Å². The second-order valence-electron chi connectivity index (χ2n) is 9.99. The van der Waals surface area contributed by atoms with Crippen LogP contribution in [-0.2, 0) is 13.2 Å². The minimum Gasteiger partial charge on any atom is -0.663 e. The molecule has 0 atom stereocenters. The third-order valence-corrected chi connectivity index (χ3v) is 6.75. The van der Waals surface area contributed by atoms with E-state index in [9.17, 15) is 13.2 Å². The van der Waals surface area contributed by atoms with E-state index < -0.39 is 11.7 Å². The number of nitrogens with one attached hydrogen (secondary N) is 1. The molecular weight excluding hydrogens is 547 g/mol. The number of hydrogen-bond donors (Lipinski definition) is 1. The zero-order valence-corrected chi connectivity index (χ0v) is 24.7. The van der Waals surface area contributed by atoms with Crippen LogP contribution >= 0.6 is 0 Å². The van der Waals surface area contributed by atoms with E-state index in [2.05, 4.69) is 30.4 Å². The Morgan fingerprint density at radius 2 is 1.83 bits per heavy atom. The van der Waals surface area contributed by atoms with E-state index in [1.165, 1.54) is 14.2 Å². The summed E-state index contributed by atoms with van der Waals surface area (Å²) in [6.07, 6.45) is 1.24. The number of aryl methyl sites for hydroxylation is 1. The quantitative estimate of drug-likeness (QED) is 0.205. The molecular formula is C30H35F3N7O2-. The van der Waals surface area contributed by atoms with Crippen molar-refractivity contribution < 1.29 is 22.6 Å². The number of ether oxygens (including phenoxy) is 2. The van der Waals surface area contributed by atoms with E-state index in [1.54, 1.807) is 48.3 Å². The maximum Gasteiger partial charge on any atom is 0.419 e. The number of rotatable bonds is 11. The average molecular weight is 583 g/mol. The van der Waals surface area contributed by atoms with Crippen molar-refractivity contribution in [2.24, 2.45) is 7.05 Å². The smallest absolute Gasteiger partial charge is 0.419 e. The molecule has 0 fully saturated rings. The number of benzene rings is 2. The first-order chi connectivity index (χ1) is 20.0. The summed E-state index contributed by atoms with van der Waals surface area (Å²) in [5, 5.41) is 8.25. The van der Waals surface area contributed by atoms with Crippen LogP contribution in [0.4, 0.5) is 36.2 Å². The van der Waals surface area contributed by atoms with Crippen LogP contribution in [0.2, 0.25) is 0 Å². The van der Waals surface area contributed by atoms with Crippen LogP contribution in [-0.4, -0.2) is 67.9 Å². The lowest BCUT2D eigenvalue weighted by Gasteiger charge is -2.31. The summed E-state index contributed by atoms with van der Waals surface area (Å²) in [6.45, 7) is 3.43. The van der Waals surface area contributed by atoms with Gasteiger partial charge in [0.1, 0.15) is 17.1 Å². The zero-order chi connectivity index (χ0) is 30.6. The second kappa shape index (κ2) is 12.6. The van der Waals surface area contributed by atoms with Crippen LogP contribution in [0.3, 0.4) is 0 Å². The van der Waals surface area contributed by atoms with Gasteiger partial charge in [0.2, 0.25) is 5.95 Å². The van der Waals surface area contributed by atoms with E-state index in [0.29, 0.717) is 39.3 Å². The molecule has 0 bridgehead atoms. The molecule has 0 spiro atoms. The molecule has 1 N–H and O–H groups in total. The maximum atomic E-state index is 14.2. The topological polar surface area (TPSA) is 81.8 Å². The highest BCUT2D eigenvalue weighted by atomic mass is 19.4. The number of alkyl halides is 3. The van der Waals surface area contributed by atoms with E-state index in [0.717, 1.165) is 25.0 Å². The predicted molar refractivity (Wildman–Crippen MR) is 161 cm³/mol. The van der Waals surface area contributed by atoms with Gasteiger partial charge in [-0.3, -0.25) is 0 Å². The van der Waals surface area contributed by atoms with Gasteiger partial charge in [0.15, 0.2) is 0 Å². The fourth-order valence-electron chi connectivity index (χ4n) is 4.51. The molecule has 0 aliphatic rings. The summed E-state index contributed by atoms with van der Waals surface area (Å²) in [4.78, 5) is 12.6. The Bertz CT molecular complexity index is 1580. The van der Waals surface area contributed by atoms with Crippen molar-refractivity contribution >= 4 is 33.9 Å². The number of halogens is 3. The van der Waals surface area contributed by atoms with Crippen LogP contribution in [0.25, 0.3) is 27.5 Å². The van der Waals surface area contributed by atoms with Crippen LogP contribution in [0.5, 0.6) is 11.5 Å². The largest absolute Gasteiger partial charge is 0.663 e. The molecule has 42 heavy (non-hydrogen) atoms. The van der Waals surface area contributed by atoms with Crippen molar-refractivity contribution in [3.63, 3.8) is 0 Å². The third kappa shape index (κ3) is 6.54. The SMILES string of the molecule is CC=C[N-]c1cc(Nc2ncc(C(F)(F)F)c(-c3cn(C)c4cc(OC)ccc34)n2)c(OC)cc1N(C)CCN(C)C. The fourth-order valence-corrected chi connectivity index (χ4v) is 4.51.